The van der Waals surface area contributed by atoms with Gasteiger partial charge in [-0.3, -0.25) is 0 Å². The molecule has 20 heavy (non-hydrogen) atoms. The summed E-state index contributed by atoms with van der Waals surface area (Å²) in [6.45, 7) is 9.92. The molecule has 0 aliphatic carbocycles. The van der Waals surface area contributed by atoms with Crippen LogP contribution >= 0.6 is 0 Å². The fourth-order valence-electron chi connectivity index (χ4n) is 2.91. The molecule has 0 aromatic carbocycles. The molecule has 1 aromatic heterocycles. The summed E-state index contributed by atoms with van der Waals surface area (Å²) in [7, 11) is 0. The van der Waals surface area contributed by atoms with E-state index in [1.807, 2.05) is 0 Å². The molecule has 3 nitrogen and oxygen atoms in total. The van der Waals surface area contributed by atoms with E-state index in [0.717, 1.165) is 26.1 Å². The second-order valence-corrected chi connectivity index (χ2v) is 5.89. The Kier molecular flexibility index (Phi) is 5.84. The van der Waals surface area contributed by atoms with Gasteiger partial charge in [-0.2, -0.15) is 0 Å². The molecule has 0 radical (unpaired) electrons. The van der Waals surface area contributed by atoms with Gasteiger partial charge in [0.05, 0.1) is 0 Å². The molecule has 1 aliphatic heterocycles. The molecule has 1 unspecified atom stereocenters. The minimum Gasteiger partial charge on any atom is -0.354 e. The highest BCUT2D eigenvalue weighted by Crippen LogP contribution is 2.24. The van der Waals surface area contributed by atoms with Crippen LogP contribution in [0.1, 0.15) is 57.7 Å². The molecule has 1 saturated heterocycles. The summed E-state index contributed by atoms with van der Waals surface area (Å²) in [5.74, 6) is 1.19. The first-order valence-electron chi connectivity index (χ1n) is 8.21. The number of rotatable bonds is 6. The number of hydrogen-bond acceptors (Lipinski definition) is 3. The van der Waals surface area contributed by atoms with Crippen molar-refractivity contribution in [3.8, 4) is 0 Å². The average molecular weight is 275 g/mol. The van der Waals surface area contributed by atoms with E-state index in [1.54, 1.807) is 0 Å². The molecule has 2 heterocycles. The summed E-state index contributed by atoms with van der Waals surface area (Å²) in [5.41, 5.74) is 2.59. The van der Waals surface area contributed by atoms with Crippen LogP contribution in [-0.4, -0.2) is 24.1 Å². The Morgan fingerprint density at radius 3 is 2.85 bits per heavy atom. The zero-order valence-corrected chi connectivity index (χ0v) is 13.3. The van der Waals surface area contributed by atoms with Gasteiger partial charge in [0, 0.05) is 24.8 Å². The zero-order chi connectivity index (χ0) is 14.4. The highest BCUT2D eigenvalue weighted by Gasteiger charge is 2.20. The Morgan fingerprint density at radius 2 is 2.15 bits per heavy atom. The number of aromatic nitrogens is 1. The van der Waals surface area contributed by atoms with Crippen molar-refractivity contribution in [1.82, 2.24) is 10.3 Å². The molecule has 0 bridgehead atoms. The summed E-state index contributed by atoms with van der Waals surface area (Å²) >= 11 is 0. The number of piperidine rings is 1. The quantitative estimate of drug-likeness (QED) is 0.805. The SMILES string of the molecule is CCCNCc1cc(CC)nc(N2CCCCC2C)c1. The van der Waals surface area contributed by atoms with Gasteiger partial charge in [0.1, 0.15) is 5.82 Å². The van der Waals surface area contributed by atoms with Gasteiger partial charge in [0.2, 0.25) is 0 Å². The highest BCUT2D eigenvalue weighted by molar-refractivity contribution is 5.44. The van der Waals surface area contributed by atoms with Gasteiger partial charge in [-0.1, -0.05) is 13.8 Å². The Hall–Kier alpha value is -1.09. The summed E-state index contributed by atoms with van der Waals surface area (Å²) in [6, 6.07) is 5.16. The van der Waals surface area contributed by atoms with Crippen molar-refractivity contribution in [2.75, 3.05) is 18.0 Å². The highest BCUT2D eigenvalue weighted by atomic mass is 15.2. The third kappa shape index (κ3) is 3.95. The van der Waals surface area contributed by atoms with Crippen molar-refractivity contribution >= 4 is 5.82 Å². The first kappa shape index (κ1) is 15.3. The molecule has 0 amide bonds. The van der Waals surface area contributed by atoms with Crippen molar-refractivity contribution in [3.63, 3.8) is 0 Å². The smallest absolute Gasteiger partial charge is 0.129 e. The Bertz CT molecular complexity index is 417. The van der Waals surface area contributed by atoms with E-state index in [0.29, 0.717) is 6.04 Å². The fraction of sp³-hybridized carbons (Fsp3) is 0.706. The van der Waals surface area contributed by atoms with Crippen LogP contribution in [-0.2, 0) is 13.0 Å². The number of nitrogens with zero attached hydrogens (tertiary/aromatic N) is 2. The lowest BCUT2D eigenvalue weighted by molar-refractivity contribution is 0.480. The summed E-state index contributed by atoms with van der Waals surface area (Å²) in [5, 5.41) is 3.50. The van der Waals surface area contributed by atoms with E-state index in [-0.39, 0.29) is 0 Å². The van der Waals surface area contributed by atoms with E-state index in [2.05, 4.69) is 43.1 Å². The topological polar surface area (TPSA) is 28.2 Å². The lowest BCUT2D eigenvalue weighted by Crippen LogP contribution is -2.38. The molecule has 112 valence electrons. The molecular weight excluding hydrogens is 246 g/mol. The first-order valence-corrected chi connectivity index (χ1v) is 8.21. The second-order valence-electron chi connectivity index (χ2n) is 5.89. The number of anilines is 1. The molecular formula is C17H29N3. The Morgan fingerprint density at radius 1 is 1.30 bits per heavy atom. The van der Waals surface area contributed by atoms with E-state index < -0.39 is 0 Å². The second kappa shape index (κ2) is 7.63. The Labute approximate surface area is 123 Å². The van der Waals surface area contributed by atoms with Gasteiger partial charge in [0.15, 0.2) is 0 Å². The van der Waals surface area contributed by atoms with Gasteiger partial charge in [-0.05, 0) is 63.3 Å². The zero-order valence-electron chi connectivity index (χ0n) is 13.3. The largest absolute Gasteiger partial charge is 0.354 e. The van der Waals surface area contributed by atoms with Gasteiger partial charge >= 0.3 is 0 Å². The van der Waals surface area contributed by atoms with Crippen LogP contribution in [0.4, 0.5) is 5.82 Å². The standard InChI is InChI=1S/C17H29N3/c1-4-9-18-13-15-11-16(5-2)19-17(12-15)20-10-7-6-8-14(20)3/h11-12,14,18H,4-10,13H2,1-3H3. The molecule has 1 N–H and O–H groups in total. The molecule has 0 saturated carbocycles. The fourth-order valence-corrected chi connectivity index (χ4v) is 2.91. The van der Waals surface area contributed by atoms with Crippen molar-refractivity contribution in [2.24, 2.45) is 0 Å². The number of hydrogen-bond donors (Lipinski definition) is 1. The minimum absolute atomic E-state index is 0.625. The van der Waals surface area contributed by atoms with Gasteiger partial charge < -0.3 is 10.2 Å². The Balaban J connectivity index is 2.16. The lowest BCUT2D eigenvalue weighted by Gasteiger charge is -2.35. The molecule has 3 heteroatoms. The third-order valence-corrected chi connectivity index (χ3v) is 4.14. The van der Waals surface area contributed by atoms with Crippen LogP contribution in [0, 0.1) is 0 Å². The molecule has 1 atom stereocenters. The van der Waals surface area contributed by atoms with Gasteiger partial charge in [-0.15, -0.1) is 0 Å². The van der Waals surface area contributed by atoms with Crippen molar-refractivity contribution in [3.05, 3.63) is 23.4 Å². The van der Waals surface area contributed by atoms with Crippen LogP contribution in [0.2, 0.25) is 0 Å². The van der Waals surface area contributed by atoms with Crippen LogP contribution < -0.4 is 10.2 Å². The molecule has 0 spiro atoms. The van der Waals surface area contributed by atoms with Gasteiger partial charge in [-0.25, -0.2) is 4.98 Å². The maximum absolute atomic E-state index is 4.85. The minimum atomic E-state index is 0.625. The number of pyridine rings is 1. The number of aryl methyl sites for hydroxylation is 1. The molecule has 1 aromatic rings. The first-order chi connectivity index (χ1) is 9.74. The molecule has 1 fully saturated rings. The van der Waals surface area contributed by atoms with Crippen molar-refractivity contribution < 1.29 is 0 Å². The maximum atomic E-state index is 4.85. The monoisotopic (exact) mass is 275 g/mol. The van der Waals surface area contributed by atoms with Crippen LogP contribution in [0.5, 0.6) is 0 Å². The normalized spacial score (nSPS) is 19.4. The van der Waals surface area contributed by atoms with Crippen molar-refractivity contribution in [1.29, 1.82) is 0 Å². The van der Waals surface area contributed by atoms with Crippen LogP contribution in [0.3, 0.4) is 0 Å². The summed E-state index contributed by atoms with van der Waals surface area (Å²) in [6.07, 6.45) is 6.14. The predicted molar refractivity (Wildman–Crippen MR) is 86.3 cm³/mol. The predicted octanol–water partition coefficient (Wildman–Crippen LogP) is 3.52. The average Bonchev–Trinajstić information content (AvgIpc) is 2.47. The third-order valence-electron chi connectivity index (χ3n) is 4.14. The lowest BCUT2D eigenvalue weighted by atomic mass is 10.0. The summed E-state index contributed by atoms with van der Waals surface area (Å²) in [4.78, 5) is 7.34. The van der Waals surface area contributed by atoms with E-state index in [4.69, 9.17) is 4.98 Å². The van der Waals surface area contributed by atoms with Gasteiger partial charge in [0.25, 0.3) is 0 Å². The summed E-state index contributed by atoms with van der Waals surface area (Å²) < 4.78 is 0. The number of nitrogens with one attached hydrogen (secondary N) is 1. The van der Waals surface area contributed by atoms with E-state index >= 15 is 0 Å². The molecule has 2 rings (SSSR count). The van der Waals surface area contributed by atoms with E-state index in [9.17, 15) is 0 Å². The van der Waals surface area contributed by atoms with E-state index in [1.165, 1.54) is 42.8 Å². The molecule has 1 aliphatic rings. The van der Waals surface area contributed by atoms with Crippen LogP contribution in [0.25, 0.3) is 0 Å². The van der Waals surface area contributed by atoms with Crippen molar-refractivity contribution in [2.45, 2.75) is 65.5 Å². The maximum Gasteiger partial charge on any atom is 0.129 e. The van der Waals surface area contributed by atoms with Crippen LogP contribution in [0.15, 0.2) is 12.1 Å².